The van der Waals surface area contributed by atoms with Crippen LogP contribution in [-0.2, 0) is 0 Å². The van der Waals surface area contributed by atoms with Gasteiger partial charge >= 0.3 is 0 Å². The largest absolute Gasteiger partial charge is 0.489 e. The van der Waals surface area contributed by atoms with Gasteiger partial charge in [-0.25, -0.2) is 4.98 Å². The number of fused-ring (bicyclic) bond motifs is 1. The Bertz CT molecular complexity index is 873. The summed E-state index contributed by atoms with van der Waals surface area (Å²) in [6, 6.07) is 9.30. The minimum atomic E-state index is 0.261. The highest BCUT2D eigenvalue weighted by atomic mass is 16.5. The van der Waals surface area contributed by atoms with Crippen LogP contribution in [0, 0.1) is 0 Å². The molecule has 0 amide bonds. The molecule has 0 radical (unpaired) electrons. The average Bonchev–Trinajstić information content (AvgIpc) is 3.13. The first kappa shape index (κ1) is 17.0. The topological polar surface area (TPSA) is 54.0 Å². The second kappa shape index (κ2) is 7.08. The number of hydrogen-bond acceptors (Lipinski definition) is 4. The highest BCUT2D eigenvalue weighted by molar-refractivity contribution is 5.80. The van der Waals surface area contributed by atoms with E-state index in [2.05, 4.69) is 46.8 Å². The van der Waals surface area contributed by atoms with Gasteiger partial charge in [-0.2, -0.15) is 0 Å². The Balaban J connectivity index is 1.47. The molecule has 2 unspecified atom stereocenters. The van der Waals surface area contributed by atoms with Crippen molar-refractivity contribution in [3.63, 3.8) is 0 Å². The molecule has 3 atom stereocenters. The summed E-state index contributed by atoms with van der Waals surface area (Å²) in [6.07, 6.45) is 9.14. The molecule has 4 heterocycles. The molecule has 1 saturated heterocycles. The van der Waals surface area contributed by atoms with Gasteiger partial charge in [0.15, 0.2) is 0 Å². The van der Waals surface area contributed by atoms with Crippen LogP contribution in [0.1, 0.15) is 33.1 Å². The summed E-state index contributed by atoms with van der Waals surface area (Å²) in [5, 5.41) is 1.09. The number of ether oxygens (including phenoxy) is 1. The van der Waals surface area contributed by atoms with E-state index in [-0.39, 0.29) is 6.10 Å². The lowest BCUT2D eigenvalue weighted by molar-refractivity contribution is 0.0342. The summed E-state index contributed by atoms with van der Waals surface area (Å²) in [4.78, 5) is 14.6. The maximum atomic E-state index is 6.25. The normalized spacial score (nSPS) is 24.0. The molecule has 136 valence electrons. The maximum absolute atomic E-state index is 6.25. The molecular weight excluding hydrogens is 324 g/mol. The monoisotopic (exact) mass is 350 g/mol. The van der Waals surface area contributed by atoms with E-state index in [0.717, 1.165) is 47.3 Å². The number of H-pyrrole nitrogens is 1. The molecule has 0 aliphatic carbocycles. The summed E-state index contributed by atoms with van der Waals surface area (Å²) in [5.74, 6) is 0.848. The Labute approximate surface area is 154 Å². The fourth-order valence-electron chi connectivity index (χ4n) is 3.92. The number of likely N-dealkylation sites (tertiary alicyclic amines) is 1. The summed E-state index contributed by atoms with van der Waals surface area (Å²) < 4.78 is 6.25. The third-order valence-corrected chi connectivity index (χ3v) is 5.62. The molecule has 0 aromatic carbocycles. The number of hydrogen-bond donors (Lipinski definition) is 1. The molecule has 1 fully saturated rings. The number of aromatic nitrogens is 3. The number of pyridine rings is 2. The molecule has 5 nitrogen and oxygen atoms in total. The van der Waals surface area contributed by atoms with Crippen molar-refractivity contribution in [2.75, 3.05) is 7.05 Å². The van der Waals surface area contributed by atoms with Crippen molar-refractivity contribution in [1.82, 2.24) is 19.9 Å². The van der Waals surface area contributed by atoms with Crippen molar-refractivity contribution in [3.05, 3.63) is 42.9 Å². The molecule has 4 rings (SSSR count). The number of nitrogens with one attached hydrogen (secondary N) is 1. The van der Waals surface area contributed by atoms with E-state index in [1.54, 1.807) is 0 Å². The summed E-state index contributed by atoms with van der Waals surface area (Å²) >= 11 is 0. The molecule has 26 heavy (non-hydrogen) atoms. The fourth-order valence-corrected chi connectivity index (χ4v) is 3.92. The highest BCUT2D eigenvalue weighted by Crippen LogP contribution is 2.28. The van der Waals surface area contributed by atoms with Crippen LogP contribution in [0.2, 0.25) is 0 Å². The van der Waals surface area contributed by atoms with Crippen molar-refractivity contribution in [3.8, 4) is 17.0 Å². The van der Waals surface area contributed by atoms with Crippen molar-refractivity contribution in [2.24, 2.45) is 0 Å². The lowest BCUT2D eigenvalue weighted by Gasteiger charge is -2.41. The van der Waals surface area contributed by atoms with Gasteiger partial charge in [-0.1, -0.05) is 6.92 Å². The molecule has 5 heteroatoms. The Morgan fingerprint density at radius 2 is 2.08 bits per heavy atom. The fraction of sp³-hybridized carbons (Fsp3) is 0.429. The minimum Gasteiger partial charge on any atom is -0.489 e. The van der Waals surface area contributed by atoms with E-state index in [0.29, 0.717) is 12.1 Å². The van der Waals surface area contributed by atoms with Gasteiger partial charge in [0.1, 0.15) is 17.5 Å². The van der Waals surface area contributed by atoms with Crippen LogP contribution < -0.4 is 4.74 Å². The third kappa shape index (κ3) is 3.31. The first-order valence-corrected chi connectivity index (χ1v) is 9.42. The van der Waals surface area contributed by atoms with Gasteiger partial charge in [0.25, 0.3) is 0 Å². The second-order valence-corrected chi connectivity index (χ2v) is 7.31. The average molecular weight is 350 g/mol. The summed E-state index contributed by atoms with van der Waals surface area (Å²) in [5.41, 5.74) is 2.83. The van der Waals surface area contributed by atoms with Crippen LogP contribution in [0.25, 0.3) is 22.3 Å². The number of nitrogens with zero attached hydrogens (tertiary/aromatic N) is 3. The molecular formula is C21H26N4O. The second-order valence-electron chi connectivity index (χ2n) is 7.31. The Hall–Kier alpha value is -2.40. The van der Waals surface area contributed by atoms with Crippen molar-refractivity contribution >= 4 is 11.0 Å². The van der Waals surface area contributed by atoms with Crippen molar-refractivity contribution < 1.29 is 4.74 Å². The van der Waals surface area contributed by atoms with Crippen molar-refractivity contribution in [2.45, 2.75) is 51.3 Å². The van der Waals surface area contributed by atoms with E-state index in [1.165, 1.54) is 0 Å². The quantitative estimate of drug-likeness (QED) is 0.764. The van der Waals surface area contributed by atoms with Gasteiger partial charge in [0.2, 0.25) is 0 Å². The number of aromatic amines is 1. The zero-order valence-electron chi connectivity index (χ0n) is 15.6. The molecule has 0 saturated carbocycles. The molecule has 3 aromatic rings. The highest BCUT2D eigenvalue weighted by Gasteiger charge is 2.31. The molecule has 0 spiro atoms. The Kier molecular flexibility index (Phi) is 4.64. The van der Waals surface area contributed by atoms with Gasteiger partial charge in [-0.15, -0.1) is 0 Å². The van der Waals surface area contributed by atoms with Gasteiger partial charge in [-0.05, 0) is 57.5 Å². The molecule has 0 bridgehead atoms. The van der Waals surface area contributed by atoms with Crippen LogP contribution in [0.3, 0.4) is 0 Å². The summed E-state index contributed by atoms with van der Waals surface area (Å²) in [6.45, 7) is 4.53. The van der Waals surface area contributed by atoms with Gasteiger partial charge < -0.3 is 14.6 Å². The zero-order valence-corrected chi connectivity index (χ0v) is 15.6. The third-order valence-electron chi connectivity index (χ3n) is 5.62. The van der Waals surface area contributed by atoms with E-state index < -0.39 is 0 Å². The standard InChI is InChI=1S/C21H26N4O/c1-4-17-11-19(9-14(2)25(17)3)26-18-5-6-20(23-13-18)16-10-15-7-8-22-21(15)24-12-16/h5-8,10,12-14,17,19H,4,9,11H2,1-3H3,(H,22,24)/t14?,17?,19-/m0/s1. The Morgan fingerprint density at radius 3 is 2.85 bits per heavy atom. The smallest absolute Gasteiger partial charge is 0.138 e. The molecule has 1 aliphatic rings. The van der Waals surface area contributed by atoms with E-state index >= 15 is 0 Å². The lowest BCUT2D eigenvalue weighted by Crippen LogP contribution is -2.48. The Morgan fingerprint density at radius 1 is 1.19 bits per heavy atom. The first-order valence-electron chi connectivity index (χ1n) is 9.42. The number of rotatable bonds is 4. The zero-order chi connectivity index (χ0) is 18.1. The summed E-state index contributed by atoms with van der Waals surface area (Å²) in [7, 11) is 2.22. The van der Waals surface area contributed by atoms with Crippen LogP contribution >= 0.6 is 0 Å². The SMILES string of the molecule is CCC1C[C@@H](Oc2ccc(-c3cnc4[nH]ccc4c3)nc2)CC(C)N1C. The lowest BCUT2D eigenvalue weighted by atomic mass is 9.93. The first-order chi connectivity index (χ1) is 12.6. The minimum absolute atomic E-state index is 0.261. The number of piperidine rings is 1. The molecule has 1 N–H and O–H groups in total. The van der Waals surface area contributed by atoms with Crippen LogP contribution in [0.15, 0.2) is 42.9 Å². The van der Waals surface area contributed by atoms with Gasteiger partial charge in [-0.3, -0.25) is 4.98 Å². The molecule has 1 aliphatic heterocycles. The maximum Gasteiger partial charge on any atom is 0.138 e. The predicted molar refractivity (Wildman–Crippen MR) is 104 cm³/mol. The predicted octanol–water partition coefficient (Wildman–Crippen LogP) is 4.27. The molecule has 3 aromatic heterocycles. The van der Waals surface area contributed by atoms with Gasteiger partial charge in [0.05, 0.1) is 11.9 Å². The van der Waals surface area contributed by atoms with E-state index in [4.69, 9.17) is 4.74 Å². The van der Waals surface area contributed by atoms with Crippen LogP contribution in [0.5, 0.6) is 5.75 Å². The van der Waals surface area contributed by atoms with Crippen LogP contribution in [-0.4, -0.2) is 45.1 Å². The van der Waals surface area contributed by atoms with Gasteiger partial charge in [0, 0.05) is 35.4 Å². The van der Waals surface area contributed by atoms with E-state index in [1.807, 2.05) is 36.8 Å². The van der Waals surface area contributed by atoms with E-state index in [9.17, 15) is 0 Å². The van der Waals surface area contributed by atoms with Crippen LogP contribution in [0.4, 0.5) is 0 Å². The van der Waals surface area contributed by atoms with Crippen molar-refractivity contribution in [1.29, 1.82) is 0 Å².